The highest BCUT2D eigenvalue weighted by Crippen LogP contribution is 2.27. The quantitative estimate of drug-likeness (QED) is 0.890. The van der Waals surface area contributed by atoms with Crippen molar-refractivity contribution in [3.05, 3.63) is 34.5 Å². The highest BCUT2D eigenvalue weighted by atomic mass is 35.5. The van der Waals surface area contributed by atoms with Gasteiger partial charge in [-0.3, -0.25) is 4.79 Å². The second-order valence-electron chi connectivity index (χ2n) is 4.94. The molecule has 0 fully saturated rings. The molecule has 20 heavy (non-hydrogen) atoms. The van der Waals surface area contributed by atoms with E-state index in [1.165, 1.54) is 0 Å². The predicted molar refractivity (Wildman–Crippen MR) is 79.2 cm³/mol. The van der Waals surface area contributed by atoms with Crippen LogP contribution in [0.2, 0.25) is 5.02 Å². The maximum absolute atomic E-state index is 12.2. The van der Waals surface area contributed by atoms with Crippen molar-refractivity contribution in [3.63, 3.8) is 0 Å². The van der Waals surface area contributed by atoms with E-state index in [1.54, 1.807) is 18.2 Å². The van der Waals surface area contributed by atoms with Crippen molar-refractivity contribution in [1.29, 1.82) is 0 Å². The van der Waals surface area contributed by atoms with Gasteiger partial charge < -0.3 is 14.8 Å². The Morgan fingerprint density at radius 3 is 2.95 bits per heavy atom. The number of rotatable bonds is 5. The largest absolute Gasteiger partial charge is 0.451 e. The Morgan fingerprint density at radius 1 is 1.50 bits per heavy atom. The second-order valence-corrected chi connectivity index (χ2v) is 5.37. The van der Waals surface area contributed by atoms with Crippen molar-refractivity contribution in [3.8, 4) is 0 Å². The van der Waals surface area contributed by atoms with Gasteiger partial charge in [0.2, 0.25) is 0 Å². The highest BCUT2D eigenvalue weighted by molar-refractivity contribution is 6.31. The summed E-state index contributed by atoms with van der Waals surface area (Å²) >= 11 is 5.96. The van der Waals surface area contributed by atoms with Crippen LogP contribution in [0.3, 0.4) is 0 Å². The third-order valence-corrected chi connectivity index (χ3v) is 3.51. The van der Waals surface area contributed by atoms with Crippen LogP contribution in [-0.2, 0) is 0 Å². The number of furan rings is 1. The van der Waals surface area contributed by atoms with Crippen LogP contribution in [-0.4, -0.2) is 23.7 Å². The minimum absolute atomic E-state index is 0.00847. The van der Waals surface area contributed by atoms with Gasteiger partial charge in [-0.25, -0.2) is 0 Å². The Balaban J connectivity index is 2.20. The van der Waals surface area contributed by atoms with E-state index in [9.17, 15) is 4.79 Å². The molecule has 2 rings (SSSR count). The summed E-state index contributed by atoms with van der Waals surface area (Å²) < 4.78 is 5.60. The molecule has 0 bridgehead atoms. The van der Waals surface area contributed by atoms with Crippen LogP contribution in [0.5, 0.6) is 0 Å². The molecule has 1 heterocycles. The molecule has 1 unspecified atom stereocenters. The lowest BCUT2D eigenvalue weighted by Crippen LogP contribution is -2.32. The van der Waals surface area contributed by atoms with Gasteiger partial charge in [-0.05, 0) is 44.9 Å². The van der Waals surface area contributed by atoms with Crippen molar-refractivity contribution in [2.75, 3.05) is 6.61 Å². The van der Waals surface area contributed by atoms with E-state index in [1.807, 2.05) is 13.8 Å². The SMILES string of the molecule is Cc1c(C(=O)NC(C)CCCO)oc2ccc(Cl)cc12. The number of aliphatic hydroxyl groups excluding tert-OH is 1. The fourth-order valence-electron chi connectivity index (χ4n) is 2.17. The summed E-state index contributed by atoms with van der Waals surface area (Å²) in [5.74, 6) is 0.0818. The van der Waals surface area contributed by atoms with Crippen LogP contribution < -0.4 is 5.32 Å². The molecule has 108 valence electrons. The zero-order valence-corrected chi connectivity index (χ0v) is 12.3. The number of nitrogens with one attached hydrogen (secondary N) is 1. The number of carbonyl (C=O) groups excluding carboxylic acids is 1. The first-order valence-corrected chi connectivity index (χ1v) is 7.01. The number of carbonyl (C=O) groups is 1. The van der Waals surface area contributed by atoms with E-state index in [-0.39, 0.29) is 18.6 Å². The van der Waals surface area contributed by atoms with E-state index < -0.39 is 0 Å². The van der Waals surface area contributed by atoms with Gasteiger partial charge in [0, 0.05) is 28.6 Å². The van der Waals surface area contributed by atoms with Gasteiger partial charge in [0.25, 0.3) is 5.91 Å². The summed E-state index contributed by atoms with van der Waals surface area (Å²) in [5, 5.41) is 13.1. The standard InChI is InChI=1S/C15H18ClNO3/c1-9(4-3-7-18)17-15(19)14-10(2)12-8-11(16)5-6-13(12)20-14/h5-6,8-9,18H,3-4,7H2,1-2H3,(H,17,19). The minimum atomic E-state index is -0.236. The lowest BCUT2D eigenvalue weighted by Gasteiger charge is -2.12. The number of hydrogen-bond acceptors (Lipinski definition) is 3. The average molecular weight is 296 g/mol. The molecule has 0 aliphatic rings. The van der Waals surface area contributed by atoms with Gasteiger partial charge in [0.1, 0.15) is 5.58 Å². The zero-order chi connectivity index (χ0) is 14.7. The number of fused-ring (bicyclic) bond motifs is 1. The smallest absolute Gasteiger partial charge is 0.287 e. The van der Waals surface area contributed by atoms with Crippen molar-refractivity contribution in [1.82, 2.24) is 5.32 Å². The number of hydrogen-bond donors (Lipinski definition) is 2. The zero-order valence-electron chi connectivity index (χ0n) is 11.6. The van der Waals surface area contributed by atoms with Crippen LogP contribution in [0.15, 0.2) is 22.6 Å². The molecule has 2 N–H and O–H groups in total. The number of halogens is 1. The first-order chi connectivity index (χ1) is 9.52. The van der Waals surface area contributed by atoms with Crippen molar-refractivity contribution >= 4 is 28.5 Å². The summed E-state index contributed by atoms with van der Waals surface area (Å²) in [6, 6.07) is 5.28. The van der Waals surface area contributed by atoms with E-state index in [0.717, 1.165) is 17.4 Å². The third kappa shape index (κ3) is 3.14. The molecule has 0 saturated carbocycles. The van der Waals surface area contributed by atoms with Gasteiger partial charge in [-0.2, -0.15) is 0 Å². The van der Waals surface area contributed by atoms with Gasteiger partial charge in [-0.15, -0.1) is 0 Å². The fourth-order valence-corrected chi connectivity index (χ4v) is 2.34. The van der Waals surface area contributed by atoms with Crippen molar-refractivity contribution < 1.29 is 14.3 Å². The van der Waals surface area contributed by atoms with E-state index >= 15 is 0 Å². The molecule has 5 heteroatoms. The monoisotopic (exact) mass is 295 g/mol. The van der Waals surface area contributed by atoms with E-state index in [0.29, 0.717) is 22.8 Å². The fraction of sp³-hybridized carbons (Fsp3) is 0.400. The van der Waals surface area contributed by atoms with Crippen LogP contribution >= 0.6 is 11.6 Å². The maximum Gasteiger partial charge on any atom is 0.287 e. The molecule has 0 aliphatic heterocycles. The van der Waals surface area contributed by atoms with Gasteiger partial charge in [0.05, 0.1) is 0 Å². The van der Waals surface area contributed by atoms with Gasteiger partial charge in [0.15, 0.2) is 5.76 Å². The Hall–Kier alpha value is -1.52. The second kappa shape index (κ2) is 6.29. The molecule has 0 radical (unpaired) electrons. The first-order valence-electron chi connectivity index (χ1n) is 6.63. The summed E-state index contributed by atoms with van der Waals surface area (Å²) in [6.07, 6.45) is 1.39. The Bertz CT molecular complexity index is 621. The number of benzene rings is 1. The lowest BCUT2D eigenvalue weighted by atomic mass is 10.1. The molecular formula is C15H18ClNO3. The molecule has 1 aromatic heterocycles. The topological polar surface area (TPSA) is 62.5 Å². The molecule has 1 aromatic carbocycles. The van der Waals surface area contributed by atoms with Crippen molar-refractivity contribution in [2.45, 2.75) is 32.7 Å². The van der Waals surface area contributed by atoms with Gasteiger partial charge in [-0.1, -0.05) is 11.6 Å². The summed E-state index contributed by atoms with van der Waals surface area (Å²) in [4.78, 5) is 12.2. The Morgan fingerprint density at radius 2 is 2.25 bits per heavy atom. The molecule has 1 amide bonds. The van der Waals surface area contributed by atoms with Crippen LogP contribution in [0.4, 0.5) is 0 Å². The molecule has 4 nitrogen and oxygen atoms in total. The molecule has 0 saturated heterocycles. The van der Waals surface area contributed by atoms with Gasteiger partial charge >= 0.3 is 0 Å². The highest BCUT2D eigenvalue weighted by Gasteiger charge is 2.19. The molecule has 2 aromatic rings. The number of amides is 1. The molecule has 0 spiro atoms. The molecular weight excluding hydrogens is 278 g/mol. The first kappa shape index (κ1) is 14.9. The van der Waals surface area contributed by atoms with E-state index in [4.69, 9.17) is 21.1 Å². The van der Waals surface area contributed by atoms with Crippen molar-refractivity contribution in [2.24, 2.45) is 0 Å². The minimum Gasteiger partial charge on any atom is -0.451 e. The summed E-state index contributed by atoms with van der Waals surface area (Å²) in [6.45, 7) is 3.88. The normalized spacial score (nSPS) is 12.6. The van der Waals surface area contributed by atoms with Crippen LogP contribution in [0.25, 0.3) is 11.0 Å². The van der Waals surface area contributed by atoms with Crippen LogP contribution in [0, 0.1) is 6.92 Å². The lowest BCUT2D eigenvalue weighted by molar-refractivity contribution is 0.0909. The average Bonchev–Trinajstić information content (AvgIpc) is 2.74. The molecule has 0 aliphatic carbocycles. The molecule has 1 atom stereocenters. The Labute approximate surface area is 122 Å². The number of aryl methyl sites for hydroxylation is 1. The van der Waals surface area contributed by atoms with E-state index in [2.05, 4.69) is 5.32 Å². The number of aliphatic hydroxyl groups is 1. The Kier molecular flexibility index (Phi) is 4.68. The predicted octanol–water partition coefficient (Wildman–Crippen LogP) is 3.29. The summed E-state index contributed by atoms with van der Waals surface area (Å²) in [5.41, 5.74) is 1.44. The summed E-state index contributed by atoms with van der Waals surface area (Å²) in [7, 11) is 0. The third-order valence-electron chi connectivity index (χ3n) is 3.28. The van der Waals surface area contributed by atoms with Crippen LogP contribution in [0.1, 0.15) is 35.9 Å². The maximum atomic E-state index is 12.2.